The first kappa shape index (κ1) is 13.1. The Labute approximate surface area is 111 Å². The molecule has 0 radical (unpaired) electrons. The van der Waals surface area contributed by atoms with E-state index in [1.54, 1.807) is 37.4 Å². The van der Waals surface area contributed by atoms with Crippen molar-refractivity contribution in [2.24, 2.45) is 0 Å². The van der Waals surface area contributed by atoms with Gasteiger partial charge in [-0.2, -0.15) is 0 Å². The predicted molar refractivity (Wildman–Crippen MR) is 77.9 cm³/mol. The highest BCUT2D eigenvalue weighted by atomic mass is 16.5. The third-order valence-electron chi connectivity index (χ3n) is 2.79. The van der Waals surface area contributed by atoms with Gasteiger partial charge in [0.1, 0.15) is 5.58 Å². The van der Waals surface area contributed by atoms with Crippen LogP contribution in [0.4, 0.5) is 0 Å². The number of hydrogen-bond acceptors (Lipinski definition) is 3. The fraction of sp³-hybridized carbons (Fsp3) is 0.188. The maximum atomic E-state index is 12.2. The minimum atomic E-state index is -0.0271. The van der Waals surface area contributed by atoms with E-state index in [9.17, 15) is 4.79 Å². The average Bonchev–Trinajstić information content (AvgIpc) is 2.49. The first-order chi connectivity index (χ1) is 9.31. The molecule has 0 fully saturated rings. The van der Waals surface area contributed by atoms with Crippen molar-refractivity contribution < 1.29 is 9.15 Å². The topological polar surface area (TPSA) is 39.4 Å². The number of methoxy groups -OCH3 is 1. The SMILES string of the molecule is CC.COc1cccc2c(=O)c3ccccc3oc12. The largest absolute Gasteiger partial charge is 0.493 e. The van der Waals surface area contributed by atoms with Crippen LogP contribution < -0.4 is 10.2 Å². The van der Waals surface area contributed by atoms with E-state index < -0.39 is 0 Å². The van der Waals surface area contributed by atoms with Gasteiger partial charge >= 0.3 is 0 Å². The van der Waals surface area contributed by atoms with Crippen LogP contribution in [0.3, 0.4) is 0 Å². The van der Waals surface area contributed by atoms with E-state index in [-0.39, 0.29) is 5.43 Å². The molecule has 0 unspecified atom stereocenters. The first-order valence-corrected chi connectivity index (χ1v) is 6.30. The molecular weight excluding hydrogens is 240 g/mol. The number of ether oxygens (including phenoxy) is 1. The molecular formula is C16H16O3. The van der Waals surface area contributed by atoms with Gasteiger partial charge in [0, 0.05) is 0 Å². The lowest BCUT2D eigenvalue weighted by atomic mass is 10.1. The van der Waals surface area contributed by atoms with Gasteiger partial charge in [0.15, 0.2) is 11.3 Å². The second kappa shape index (κ2) is 5.57. The summed E-state index contributed by atoms with van der Waals surface area (Å²) in [7, 11) is 1.56. The zero-order chi connectivity index (χ0) is 13.8. The monoisotopic (exact) mass is 256 g/mol. The first-order valence-electron chi connectivity index (χ1n) is 6.30. The summed E-state index contributed by atoms with van der Waals surface area (Å²) in [6, 6.07) is 12.5. The number of para-hydroxylation sites is 2. The zero-order valence-electron chi connectivity index (χ0n) is 11.3. The molecule has 0 aliphatic rings. The minimum Gasteiger partial charge on any atom is -0.493 e. The fourth-order valence-corrected chi connectivity index (χ4v) is 1.96. The second-order valence-corrected chi connectivity index (χ2v) is 3.76. The summed E-state index contributed by atoms with van der Waals surface area (Å²) in [6.07, 6.45) is 0. The van der Waals surface area contributed by atoms with E-state index in [2.05, 4.69) is 0 Å². The van der Waals surface area contributed by atoms with Crippen molar-refractivity contribution in [1.82, 2.24) is 0 Å². The predicted octanol–water partition coefficient (Wildman–Crippen LogP) is 3.98. The molecule has 19 heavy (non-hydrogen) atoms. The molecule has 2 aromatic carbocycles. The molecule has 3 rings (SSSR count). The molecule has 0 saturated heterocycles. The molecule has 0 spiro atoms. The maximum absolute atomic E-state index is 12.2. The highest BCUT2D eigenvalue weighted by Gasteiger charge is 2.10. The van der Waals surface area contributed by atoms with Crippen LogP contribution in [0, 0.1) is 0 Å². The van der Waals surface area contributed by atoms with Gasteiger partial charge in [-0.3, -0.25) is 4.79 Å². The van der Waals surface area contributed by atoms with Crippen molar-refractivity contribution in [2.45, 2.75) is 13.8 Å². The average molecular weight is 256 g/mol. The lowest BCUT2D eigenvalue weighted by molar-refractivity contribution is 0.411. The lowest BCUT2D eigenvalue weighted by Crippen LogP contribution is -2.02. The van der Waals surface area contributed by atoms with Crippen LogP contribution in [-0.2, 0) is 0 Å². The van der Waals surface area contributed by atoms with Gasteiger partial charge in [0.05, 0.1) is 17.9 Å². The smallest absolute Gasteiger partial charge is 0.200 e. The highest BCUT2D eigenvalue weighted by molar-refractivity contribution is 5.92. The van der Waals surface area contributed by atoms with E-state index in [1.165, 1.54) is 0 Å². The Morgan fingerprint density at radius 1 is 0.947 bits per heavy atom. The Hall–Kier alpha value is -2.29. The summed E-state index contributed by atoms with van der Waals surface area (Å²) >= 11 is 0. The van der Waals surface area contributed by atoms with Crippen molar-refractivity contribution in [3.63, 3.8) is 0 Å². The summed E-state index contributed by atoms with van der Waals surface area (Å²) in [6.45, 7) is 4.00. The van der Waals surface area contributed by atoms with Gasteiger partial charge in [0.25, 0.3) is 0 Å². The van der Waals surface area contributed by atoms with Crippen molar-refractivity contribution in [2.75, 3.05) is 7.11 Å². The van der Waals surface area contributed by atoms with E-state index in [4.69, 9.17) is 9.15 Å². The van der Waals surface area contributed by atoms with Crippen LogP contribution in [0.1, 0.15) is 13.8 Å². The van der Waals surface area contributed by atoms with Gasteiger partial charge in [0.2, 0.25) is 5.43 Å². The molecule has 0 bridgehead atoms. The molecule has 0 atom stereocenters. The summed E-state index contributed by atoms with van der Waals surface area (Å²) in [5.41, 5.74) is 1.05. The molecule has 3 heteroatoms. The molecule has 1 heterocycles. The lowest BCUT2D eigenvalue weighted by Gasteiger charge is -2.05. The number of fused-ring (bicyclic) bond motifs is 2. The molecule has 0 saturated carbocycles. The van der Waals surface area contributed by atoms with E-state index in [0.717, 1.165) is 0 Å². The molecule has 0 amide bonds. The maximum Gasteiger partial charge on any atom is 0.200 e. The van der Waals surface area contributed by atoms with E-state index >= 15 is 0 Å². The second-order valence-electron chi connectivity index (χ2n) is 3.76. The van der Waals surface area contributed by atoms with Crippen molar-refractivity contribution >= 4 is 21.9 Å². The number of benzene rings is 2. The molecule has 3 nitrogen and oxygen atoms in total. The third kappa shape index (κ3) is 2.19. The molecule has 0 N–H and O–H groups in total. The van der Waals surface area contributed by atoms with Crippen LogP contribution in [0.25, 0.3) is 21.9 Å². The Balaban J connectivity index is 0.000000637. The summed E-state index contributed by atoms with van der Waals surface area (Å²) in [5.74, 6) is 0.574. The Kier molecular flexibility index (Phi) is 3.85. The van der Waals surface area contributed by atoms with Gasteiger partial charge in [-0.25, -0.2) is 0 Å². The van der Waals surface area contributed by atoms with E-state index in [1.807, 2.05) is 26.0 Å². The minimum absolute atomic E-state index is 0.0271. The standard InChI is InChI=1S/C14H10O3.C2H6/c1-16-12-8-4-6-10-13(15)9-5-2-3-7-11(9)17-14(10)12;1-2/h2-8H,1H3;1-2H3. The molecule has 98 valence electrons. The van der Waals surface area contributed by atoms with E-state index in [0.29, 0.717) is 27.7 Å². The van der Waals surface area contributed by atoms with Gasteiger partial charge in [-0.05, 0) is 24.3 Å². The molecule has 0 aliphatic heterocycles. The number of rotatable bonds is 1. The van der Waals surface area contributed by atoms with Crippen molar-refractivity contribution in [3.05, 3.63) is 52.7 Å². The quantitative estimate of drug-likeness (QED) is 0.618. The summed E-state index contributed by atoms with van der Waals surface area (Å²) in [4.78, 5) is 12.2. The van der Waals surface area contributed by atoms with Crippen LogP contribution in [0.5, 0.6) is 5.75 Å². The van der Waals surface area contributed by atoms with Crippen molar-refractivity contribution in [3.8, 4) is 5.75 Å². The Bertz CT molecular complexity index is 757. The Morgan fingerprint density at radius 3 is 2.37 bits per heavy atom. The van der Waals surface area contributed by atoms with Gasteiger partial charge in [-0.1, -0.05) is 32.0 Å². The Morgan fingerprint density at radius 2 is 1.63 bits per heavy atom. The summed E-state index contributed by atoms with van der Waals surface area (Å²) in [5, 5.41) is 1.14. The molecule has 1 aromatic heterocycles. The van der Waals surface area contributed by atoms with Crippen LogP contribution in [0.2, 0.25) is 0 Å². The van der Waals surface area contributed by atoms with Crippen LogP contribution >= 0.6 is 0 Å². The fourth-order valence-electron chi connectivity index (χ4n) is 1.96. The molecule has 0 aliphatic carbocycles. The highest BCUT2D eigenvalue weighted by Crippen LogP contribution is 2.26. The summed E-state index contributed by atoms with van der Waals surface area (Å²) < 4.78 is 10.9. The normalized spacial score (nSPS) is 10.1. The van der Waals surface area contributed by atoms with Crippen LogP contribution in [-0.4, -0.2) is 7.11 Å². The van der Waals surface area contributed by atoms with Gasteiger partial charge < -0.3 is 9.15 Å². The third-order valence-corrected chi connectivity index (χ3v) is 2.79. The van der Waals surface area contributed by atoms with Crippen molar-refractivity contribution in [1.29, 1.82) is 0 Å². The zero-order valence-corrected chi connectivity index (χ0v) is 11.3. The number of hydrogen-bond donors (Lipinski definition) is 0. The van der Waals surface area contributed by atoms with Crippen LogP contribution in [0.15, 0.2) is 51.7 Å². The van der Waals surface area contributed by atoms with Gasteiger partial charge in [-0.15, -0.1) is 0 Å². The molecule has 3 aromatic rings.